The summed E-state index contributed by atoms with van der Waals surface area (Å²) in [5.41, 5.74) is 10.7. The number of benzene rings is 1. The van der Waals surface area contributed by atoms with Crippen molar-refractivity contribution >= 4 is 16.7 Å². The number of hydrogen-bond acceptors (Lipinski definition) is 4. The molecule has 3 aromatic rings. The first-order chi connectivity index (χ1) is 12.2. The number of pyridine rings is 1. The zero-order chi connectivity index (χ0) is 17.4. The Hall–Kier alpha value is -2.84. The van der Waals surface area contributed by atoms with Gasteiger partial charge in [0.15, 0.2) is 0 Å². The number of nitrogen functional groups attached to an aromatic ring is 1. The van der Waals surface area contributed by atoms with E-state index in [1.807, 2.05) is 24.4 Å². The third-order valence-corrected chi connectivity index (χ3v) is 5.21. The van der Waals surface area contributed by atoms with E-state index in [9.17, 15) is 5.26 Å². The maximum absolute atomic E-state index is 9.59. The molecule has 0 amide bonds. The summed E-state index contributed by atoms with van der Waals surface area (Å²) in [6.45, 7) is 2.08. The Morgan fingerprint density at radius 1 is 1.28 bits per heavy atom. The molecule has 0 atom stereocenters. The third-order valence-electron chi connectivity index (χ3n) is 5.21. The number of anilines is 1. The largest absolute Gasteiger partial charge is 0.383 e. The van der Waals surface area contributed by atoms with E-state index in [2.05, 4.69) is 40.1 Å². The Bertz CT molecular complexity index is 958. The first kappa shape index (κ1) is 15.7. The normalized spacial score (nSPS) is 16.2. The molecule has 0 aliphatic carbocycles. The van der Waals surface area contributed by atoms with E-state index < -0.39 is 0 Å². The molecule has 1 saturated heterocycles. The van der Waals surface area contributed by atoms with Gasteiger partial charge in [-0.15, -0.1) is 0 Å². The van der Waals surface area contributed by atoms with Crippen LogP contribution in [0.4, 0.5) is 5.82 Å². The van der Waals surface area contributed by atoms with E-state index >= 15 is 0 Å². The summed E-state index contributed by atoms with van der Waals surface area (Å²) < 4.78 is 0. The van der Waals surface area contributed by atoms with Crippen molar-refractivity contribution in [2.45, 2.75) is 18.8 Å². The molecule has 5 heteroatoms. The van der Waals surface area contributed by atoms with Crippen molar-refractivity contribution in [1.29, 1.82) is 5.26 Å². The Labute approximate surface area is 147 Å². The molecule has 0 bridgehead atoms. The van der Waals surface area contributed by atoms with Crippen molar-refractivity contribution in [3.8, 4) is 17.3 Å². The van der Waals surface area contributed by atoms with Crippen LogP contribution in [-0.2, 0) is 0 Å². The van der Waals surface area contributed by atoms with Crippen molar-refractivity contribution in [2.75, 3.05) is 25.9 Å². The second kappa shape index (κ2) is 6.23. The van der Waals surface area contributed by atoms with E-state index in [1.54, 1.807) is 0 Å². The van der Waals surface area contributed by atoms with E-state index in [0.29, 0.717) is 17.3 Å². The minimum Gasteiger partial charge on any atom is -0.383 e. The number of rotatable bonds is 2. The Kier molecular flexibility index (Phi) is 3.90. The van der Waals surface area contributed by atoms with Crippen LogP contribution in [0.15, 0.2) is 36.5 Å². The minimum atomic E-state index is 0.333. The lowest BCUT2D eigenvalue weighted by molar-refractivity contribution is 0.255. The number of nitrogens with one attached hydrogen (secondary N) is 1. The lowest BCUT2D eigenvalue weighted by Gasteiger charge is -2.30. The molecule has 0 spiro atoms. The first-order valence-corrected chi connectivity index (χ1v) is 8.63. The van der Waals surface area contributed by atoms with Crippen LogP contribution in [0.3, 0.4) is 0 Å². The topological polar surface area (TPSA) is 81.7 Å². The number of fused-ring (bicyclic) bond motifs is 1. The summed E-state index contributed by atoms with van der Waals surface area (Å²) in [4.78, 5) is 10.1. The fourth-order valence-corrected chi connectivity index (χ4v) is 3.77. The number of nitrogens with zero attached hydrogens (tertiary/aromatic N) is 3. The summed E-state index contributed by atoms with van der Waals surface area (Å²) >= 11 is 0. The SMILES string of the molecule is CN1CCC(c2cc(-c3c[nH]c4ccccc34)nc(N)c2C#N)CC1. The van der Waals surface area contributed by atoms with Crippen LogP contribution in [0, 0.1) is 11.3 Å². The highest BCUT2D eigenvalue weighted by Crippen LogP contribution is 2.36. The van der Waals surface area contributed by atoms with E-state index in [-0.39, 0.29) is 0 Å². The highest BCUT2D eigenvalue weighted by atomic mass is 15.1. The molecule has 3 N–H and O–H groups in total. The lowest BCUT2D eigenvalue weighted by atomic mass is 9.86. The predicted molar refractivity (Wildman–Crippen MR) is 100 cm³/mol. The molecule has 4 rings (SSSR count). The minimum absolute atomic E-state index is 0.333. The van der Waals surface area contributed by atoms with Crippen LogP contribution in [0.5, 0.6) is 0 Å². The van der Waals surface area contributed by atoms with Gasteiger partial charge in [-0.05, 0) is 56.6 Å². The standard InChI is InChI=1S/C20H21N5/c1-25-8-6-13(7-9-25)15-10-19(24-20(22)16(15)11-21)17-12-23-18-5-3-2-4-14(17)18/h2-5,10,12-13,23H,6-9H2,1H3,(H2,22,24). The van der Waals surface area contributed by atoms with E-state index in [1.165, 1.54) is 0 Å². The van der Waals surface area contributed by atoms with Gasteiger partial charge in [0, 0.05) is 22.7 Å². The summed E-state index contributed by atoms with van der Waals surface area (Å²) in [6.07, 6.45) is 4.06. The number of aromatic nitrogens is 2. The zero-order valence-corrected chi connectivity index (χ0v) is 14.3. The Morgan fingerprint density at radius 2 is 2.04 bits per heavy atom. The van der Waals surface area contributed by atoms with Gasteiger partial charge in [-0.3, -0.25) is 0 Å². The number of nitrogens with two attached hydrogens (primary N) is 1. The first-order valence-electron chi connectivity index (χ1n) is 8.63. The van der Waals surface area contributed by atoms with Crippen molar-refractivity contribution < 1.29 is 0 Å². The van der Waals surface area contributed by atoms with Gasteiger partial charge in [-0.25, -0.2) is 4.98 Å². The highest BCUT2D eigenvalue weighted by molar-refractivity contribution is 5.95. The molecule has 1 aromatic carbocycles. The van der Waals surface area contributed by atoms with Gasteiger partial charge >= 0.3 is 0 Å². The molecule has 5 nitrogen and oxygen atoms in total. The fraction of sp³-hybridized carbons (Fsp3) is 0.300. The number of H-pyrrole nitrogens is 1. The van der Waals surface area contributed by atoms with Gasteiger partial charge < -0.3 is 15.6 Å². The van der Waals surface area contributed by atoms with Crippen molar-refractivity contribution in [1.82, 2.24) is 14.9 Å². The summed E-state index contributed by atoms with van der Waals surface area (Å²) in [5, 5.41) is 10.7. The second-order valence-electron chi connectivity index (χ2n) is 6.79. The second-order valence-corrected chi connectivity index (χ2v) is 6.79. The molecule has 25 heavy (non-hydrogen) atoms. The van der Waals surface area contributed by atoms with Crippen molar-refractivity contribution in [3.63, 3.8) is 0 Å². The van der Waals surface area contributed by atoms with Gasteiger partial charge in [0.1, 0.15) is 11.9 Å². The molecule has 126 valence electrons. The van der Waals surface area contributed by atoms with Crippen LogP contribution >= 0.6 is 0 Å². The predicted octanol–water partition coefficient (Wildman–Crippen LogP) is 3.49. The van der Waals surface area contributed by atoms with Gasteiger partial charge in [0.05, 0.1) is 11.3 Å². The molecule has 2 aromatic heterocycles. The number of likely N-dealkylation sites (tertiary alicyclic amines) is 1. The van der Waals surface area contributed by atoms with E-state index in [4.69, 9.17) is 5.73 Å². The molecule has 1 aliphatic rings. The average molecular weight is 331 g/mol. The quantitative estimate of drug-likeness (QED) is 0.753. The third kappa shape index (κ3) is 2.75. The van der Waals surface area contributed by atoms with Crippen molar-refractivity contribution in [3.05, 3.63) is 47.7 Å². The van der Waals surface area contributed by atoms with Gasteiger partial charge in [0.2, 0.25) is 0 Å². The number of hydrogen-bond donors (Lipinski definition) is 2. The Balaban J connectivity index is 1.83. The maximum Gasteiger partial charge on any atom is 0.142 e. The fourth-order valence-electron chi connectivity index (χ4n) is 3.77. The summed E-state index contributed by atoms with van der Waals surface area (Å²) in [7, 11) is 2.14. The number of piperidine rings is 1. The highest BCUT2D eigenvalue weighted by Gasteiger charge is 2.24. The Morgan fingerprint density at radius 3 is 2.80 bits per heavy atom. The molecule has 0 radical (unpaired) electrons. The number of aromatic amines is 1. The summed E-state index contributed by atoms with van der Waals surface area (Å²) in [6, 6.07) is 12.5. The molecule has 0 unspecified atom stereocenters. The van der Waals surface area contributed by atoms with Gasteiger partial charge in [-0.2, -0.15) is 5.26 Å². The molecular weight excluding hydrogens is 310 g/mol. The van der Waals surface area contributed by atoms with Crippen LogP contribution in [0.1, 0.15) is 29.9 Å². The zero-order valence-electron chi connectivity index (χ0n) is 14.3. The average Bonchev–Trinajstić information content (AvgIpc) is 3.06. The van der Waals surface area contributed by atoms with Crippen molar-refractivity contribution in [2.24, 2.45) is 0 Å². The van der Waals surface area contributed by atoms with Crippen LogP contribution in [0.2, 0.25) is 0 Å². The van der Waals surface area contributed by atoms with Crippen LogP contribution in [0.25, 0.3) is 22.2 Å². The smallest absolute Gasteiger partial charge is 0.142 e. The molecule has 1 fully saturated rings. The molecular formula is C20H21N5. The maximum atomic E-state index is 9.59. The van der Waals surface area contributed by atoms with Crippen LogP contribution < -0.4 is 5.73 Å². The molecule has 1 aliphatic heterocycles. The van der Waals surface area contributed by atoms with Gasteiger partial charge in [-0.1, -0.05) is 18.2 Å². The number of nitriles is 1. The van der Waals surface area contributed by atoms with E-state index in [0.717, 1.165) is 53.7 Å². The lowest BCUT2D eigenvalue weighted by Crippen LogP contribution is -2.29. The monoisotopic (exact) mass is 331 g/mol. The summed E-state index contributed by atoms with van der Waals surface area (Å²) in [5.74, 6) is 0.694. The number of para-hydroxylation sites is 1. The van der Waals surface area contributed by atoms with Crippen LogP contribution in [-0.4, -0.2) is 35.0 Å². The van der Waals surface area contributed by atoms with Gasteiger partial charge in [0.25, 0.3) is 0 Å². The molecule has 0 saturated carbocycles. The molecule has 3 heterocycles.